The van der Waals surface area contributed by atoms with Gasteiger partial charge in [-0.3, -0.25) is 5.10 Å². The summed E-state index contributed by atoms with van der Waals surface area (Å²) in [6.45, 7) is 2.98. The number of hydrogen-bond donors (Lipinski definition) is 2. The van der Waals surface area contributed by atoms with Crippen LogP contribution >= 0.6 is 11.3 Å². The highest BCUT2D eigenvalue weighted by Gasteiger charge is 2.11. The summed E-state index contributed by atoms with van der Waals surface area (Å²) >= 11 is 1.67. The average molecular weight is 259 g/mol. The van der Waals surface area contributed by atoms with E-state index in [1.807, 2.05) is 11.4 Å². The van der Waals surface area contributed by atoms with Gasteiger partial charge in [-0.1, -0.05) is 13.0 Å². The van der Waals surface area contributed by atoms with Crippen molar-refractivity contribution in [2.75, 3.05) is 11.9 Å². The molecule has 0 atom stereocenters. The highest BCUT2D eigenvalue weighted by molar-refractivity contribution is 7.13. The first-order valence-corrected chi connectivity index (χ1v) is 6.75. The van der Waals surface area contributed by atoms with E-state index in [9.17, 15) is 0 Å². The Bertz CT molecular complexity index is 644. The van der Waals surface area contributed by atoms with Crippen LogP contribution in [0, 0.1) is 0 Å². The van der Waals surface area contributed by atoms with Gasteiger partial charge >= 0.3 is 0 Å². The molecule has 3 heterocycles. The lowest BCUT2D eigenvalue weighted by atomic mass is 10.2. The molecule has 0 fully saturated rings. The van der Waals surface area contributed by atoms with Crippen molar-refractivity contribution in [1.82, 2.24) is 20.2 Å². The van der Waals surface area contributed by atoms with E-state index in [1.165, 1.54) is 0 Å². The van der Waals surface area contributed by atoms with Crippen LogP contribution in [0.1, 0.15) is 13.3 Å². The fraction of sp³-hybridized carbons (Fsp3) is 0.250. The van der Waals surface area contributed by atoms with Crippen molar-refractivity contribution in [3.05, 3.63) is 23.7 Å². The van der Waals surface area contributed by atoms with Crippen LogP contribution in [-0.4, -0.2) is 26.7 Å². The summed E-state index contributed by atoms with van der Waals surface area (Å²) in [4.78, 5) is 10.1. The monoisotopic (exact) mass is 259 g/mol. The smallest absolute Gasteiger partial charge is 0.225 e. The summed E-state index contributed by atoms with van der Waals surface area (Å²) < 4.78 is 0. The summed E-state index contributed by atoms with van der Waals surface area (Å²) in [5, 5.41) is 13.2. The van der Waals surface area contributed by atoms with Crippen LogP contribution in [0.5, 0.6) is 0 Å². The van der Waals surface area contributed by atoms with Crippen molar-refractivity contribution in [1.29, 1.82) is 0 Å². The SMILES string of the molecule is CCCNc1nc(-c2cccs2)c2cn[nH]c2n1. The van der Waals surface area contributed by atoms with Crippen LogP contribution in [0.2, 0.25) is 0 Å². The first-order chi connectivity index (χ1) is 8.88. The molecule has 18 heavy (non-hydrogen) atoms. The Hall–Kier alpha value is -1.95. The van der Waals surface area contributed by atoms with Crippen LogP contribution in [-0.2, 0) is 0 Å². The minimum atomic E-state index is 0.650. The summed E-state index contributed by atoms with van der Waals surface area (Å²) in [7, 11) is 0. The maximum atomic E-state index is 4.58. The molecule has 0 aliphatic carbocycles. The van der Waals surface area contributed by atoms with E-state index in [1.54, 1.807) is 17.5 Å². The molecule has 0 saturated heterocycles. The number of rotatable bonds is 4. The Morgan fingerprint density at radius 2 is 2.33 bits per heavy atom. The van der Waals surface area contributed by atoms with Crippen molar-refractivity contribution in [2.24, 2.45) is 0 Å². The van der Waals surface area contributed by atoms with E-state index in [4.69, 9.17) is 0 Å². The molecule has 3 aromatic rings. The quantitative estimate of drug-likeness (QED) is 0.756. The molecule has 0 spiro atoms. The van der Waals surface area contributed by atoms with E-state index in [-0.39, 0.29) is 0 Å². The number of nitrogens with one attached hydrogen (secondary N) is 2. The third-order valence-electron chi connectivity index (χ3n) is 2.60. The Morgan fingerprint density at radius 1 is 1.39 bits per heavy atom. The van der Waals surface area contributed by atoms with Gasteiger partial charge in [0.05, 0.1) is 22.2 Å². The number of aromatic amines is 1. The predicted molar refractivity (Wildman–Crippen MR) is 73.8 cm³/mol. The molecule has 0 bridgehead atoms. The highest BCUT2D eigenvalue weighted by Crippen LogP contribution is 2.29. The molecular weight excluding hydrogens is 246 g/mol. The van der Waals surface area contributed by atoms with Crippen molar-refractivity contribution in [3.63, 3.8) is 0 Å². The standard InChI is InChI=1S/C12H13N5S/c1-2-5-13-12-15-10(9-4-3-6-18-9)8-7-14-17-11(8)16-12/h3-4,6-7H,2,5H2,1H3,(H2,13,14,15,16,17). The number of hydrogen-bond acceptors (Lipinski definition) is 5. The van der Waals surface area contributed by atoms with Gasteiger partial charge in [0.1, 0.15) is 0 Å². The molecule has 0 aromatic carbocycles. The van der Waals surface area contributed by atoms with E-state index < -0.39 is 0 Å². The van der Waals surface area contributed by atoms with Crippen molar-refractivity contribution in [2.45, 2.75) is 13.3 Å². The summed E-state index contributed by atoms with van der Waals surface area (Å²) in [5.74, 6) is 0.650. The van der Waals surface area contributed by atoms with Gasteiger partial charge in [-0.05, 0) is 17.9 Å². The Kier molecular flexibility index (Phi) is 2.93. The minimum Gasteiger partial charge on any atom is -0.354 e. The first kappa shape index (κ1) is 11.2. The van der Waals surface area contributed by atoms with Crippen molar-refractivity contribution < 1.29 is 0 Å². The van der Waals surface area contributed by atoms with Crippen LogP contribution in [0.15, 0.2) is 23.7 Å². The molecule has 3 rings (SSSR count). The zero-order valence-electron chi connectivity index (χ0n) is 9.97. The van der Waals surface area contributed by atoms with Crippen LogP contribution < -0.4 is 5.32 Å². The van der Waals surface area contributed by atoms with Gasteiger partial charge in [-0.15, -0.1) is 11.3 Å². The Morgan fingerprint density at radius 3 is 3.11 bits per heavy atom. The molecule has 92 valence electrons. The van der Waals surface area contributed by atoms with Gasteiger partial charge in [-0.2, -0.15) is 10.1 Å². The zero-order valence-corrected chi connectivity index (χ0v) is 10.8. The molecule has 0 aliphatic rings. The number of aromatic nitrogens is 4. The fourth-order valence-electron chi connectivity index (χ4n) is 1.75. The lowest BCUT2D eigenvalue weighted by Gasteiger charge is -2.05. The fourth-order valence-corrected chi connectivity index (χ4v) is 2.48. The minimum absolute atomic E-state index is 0.650. The maximum Gasteiger partial charge on any atom is 0.225 e. The van der Waals surface area contributed by atoms with Gasteiger partial charge in [0, 0.05) is 6.54 Å². The summed E-state index contributed by atoms with van der Waals surface area (Å²) in [5.41, 5.74) is 1.70. The van der Waals surface area contributed by atoms with Crippen molar-refractivity contribution in [3.8, 4) is 10.6 Å². The molecule has 0 aliphatic heterocycles. The van der Waals surface area contributed by atoms with E-state index >= 15 is 0 Å². The number of fused-ring (bicyclic) bond motifs is 1. The van der Waals surface area contributed by atoms with Gasteiger partial charge in [0.15, 0.2) is 5.65 Å². The van der Waals surface area contributed by atoms with Crippen LogP contribution in [0.25, 0.3) is 21.6 Å². The van der Waals surface area contributed by atoms with E-state index in [0.717, 1.165) is 34.6 Å². The lowest BCUT2D eigenvalue weighted by molar-refractivity contribution is 0.955. The molecular formula is C12H13N5S. The van der Waals surface area contributed by atoms with Gasteiger partial charge in [0.2, 0.25) is 5.95 Å². The van der Waals surface area contributed by atoms with Crippen LogP contribution in [0.4, 0.5) is 5.95 Å². The molecule has 3 aromatic heterocycles. The lowest BCUT2D eigenvalue weighted by Crippen LogP contribution is -2.05. The summed E-state index contributed by atoms with van der Waals surface area (Å²) in [6.07, 6.45) is 2.81. The number of thiophene rings is 1. The van der Waals surface area contributed by atoms with Gasteiger partial charge in [0.25, 0.3) is 0 Å². The molecule has 0 unspecified atom stereocenters. The second-order valence-corrected chi connectivity index (χ2v) is 4.88. The molecule has 2 N–H and O–H groups in total. The number of H-pyrrole nitrogens is 1. The second kappa shape index (κ2) is 4.73. The van der Waals surface area contributed by atoms with Crippen molar-refractivity contribution >= 4 is 28.3 Å². The van der Waals surface area contributed by atoms with E-state index in [0.29, 0.717) is 5.95 Å². The third kappa shape index (κ3) is 1.95. The zero-order chi connectivity index (χ0) is 12.4. The third-order valence-corrected chi connectivity index (χ3v) is 3.47. The molecule has 0 radical (unpaired) electrons. The Balaban J connectivity index is 2.12. The first-order valence-electron chi connectivity index (χ1n) is 5.87. The number of anilines is 1. The second-order valence-electron chi connectivity index (χ2n) is 3.93. The number of nitrogens with zero attached hydrogens (tertiary/aromatic N) is 3. The molecule has 5 nitrogen and oxygen atoms in total. The van der Waals surface area contributed by atoms with E-state index in [2.05, 4.69) is 38.5 Å². The predicted octanol–water partition coefficient (Wildman–Crippen LogP) is 2.90. The topological polar surface area (TPSA) is 66.5 Å². The molecule has 0 saturated carbocycles. The largest absolute Gasteiger partial charge is 0.354 e. The van der Waals surface area contributed by atoms with Crippen LogP contribution in [0.3, 0.4) is 0 Å². The normalized spacial score (nSPS) is 10.9. The van der Waals surface area contributed by atoms with Gasteiger partial charge < -0.3 is 5.32 Å². The molecule has 0 amide bonds. The highest BCUT2D eigenvalue weighted by atomic mass is 32.1. The average Bonchev–Trinajstić information content (AvgIpc) is 3.05. The maximum absolute atomic E-state index is 4.58. The van der Waals surface area contributed by atoms with Gasteiger partial charge in [-0.25, -0.2) is 4.98 Å². The molecule has 6 heteroatoms. The summed E-state index contributed by atoms with van der Waals surface area (Å²) in [6, 6.07) is 4.08. The Labute approximate surface area is 108 Å².